The molecule has 0 aliphatic carbocycles. The van der Waals surface area contributed by atoms with Gasteiger partial charge in [0.2, 0.25) is 23.6 Å². The number of amides is 4. The second-order valence-electron chi connectivity index (χ2n) is 7.37. The van der Waals surface area contributed by atoms with E-state index in [1.54, 1.807) is 44.2 Å². The van der Waals surface area contributed by atoms with Gasteiger partial charge in [0.25, 0.3) is 0 Å². The van der Waals surface area contributed by atoms with E-state index in [4.69, 9.17) is 16.6 Å². The van der Waals surface area contributed by atoms with Gasteiger partial charge in [0.1, 0.15) is 12.1 Å². The third-order valence-electron chi connectivity index (χ3n) is 4.35. The molecule has 4 amide bonds. The van der Waals surface area contributed by atoms with E-state index >= 15 is 0 Å². The molecule has 0 aliphatic rings. The maximum atomic E-state index is 12.6. The van der Waals surface area contributed by atoms with Crippen LogP contribution in [-0.4, -0.2) is 59.4 Å². The molecular formula is C20H29N5O6. The molecule has 170 valence electrons. The number of aliphatic carboxylic acids is 1. The van der Waals surface area contributed by atoms with E-state index in [-0.39, 0.29) is 18.8 Å². The fourth-order valence-electron chi connectivity index (χ4n) is 2.68. The van der Waals surface area contributed by atoms with E-state index < -0.39 is 54.3 Å². The Kier molecular flexibility index (Phi) is 10.1. The monoisotopic (exact) mass is 435 g/mol. The molecular weight excluding hydrogens is 406 g/mol. The first-order chi connectivity index (χ1) is 14.5. The number of rotatable bonds is 12. The minimum atomic E-state index is -1.23. The Morgan fingerprint density at radius 3 is 2.13 bits per heavy atom. The number of hydrogen-bond donors (Lipinski definition) is 6. The molecule has 11 nitrogen and oxygen atoms in total. The zero-order valence-corrected chi connectivity index (χ0v) is 17.5. The quantitative estimate of drug-likeness (QED) is 0.224. The second kappa shape index (κ2) is 12.3. The van der Waals surface area contributed by atoms with Crippen molar-refractivity contribution in [3.8, 4) is 0 Å². The Morgan fingerprint density at radius 1 is 1.00 bits per heavy atom. The summed E-state index contributed by atoms with van der Waals surface area (Å²) in [6.45, 7) is 2.79. The summed E-state index contributed by atoms with van der Waals surface area (Å²) in [7, 11) is 0. The number of nitrogens with two attached hydrogens (primary N) is 2. The maximum Gasteiger partial charge on any atom is 0.326 e. The number of carbonyl (C=O) groups excluding carboxylic acids is 4. The van der Waals surface area contributed by atoms with Crippen LogP contribution in [-0.2, 0) is 30.4 Å². The number of carbonyl (C=O) groups is 5. The Hall–Kier alpha value is -3.47. The zero-order valence-electron chi connectivity index (χ0n) is 17.5. The van der Waals surface area contributed by atoms with Gasteiger partial charge in [-0.3, -0.25) is 19.2 Å². The summed E-state index contributed by atoms with van der Waals surface area (Å²) < 4.78 is 0. The van der Waals surface area contributed by atoms with E-state index in [1.165, 1.54) is 0 Å². The first kappa shape index (κ1) is 25.6. The van der Waals surface area contributed by atoms with Crippen LogP contribution in [0.2, 0.25) is 0 Å². The lowest BCUT2D eigenvalue weighted by atomic mass is 10.0. The van der Waals surface area contributed by atoms with E-state index in [9.17, 15) is 24.0 Å². The van der Waals surface area contributed by atoms with Gasteiger partial charge in [-0.05, 0) is 11.5 Å². The highest BCUT2D eigenvalue weighted by molar-refractivity contribution is 5.94. The summed E-state index contributed by atoms with van der Waals surface area (Å²) in [5, 5.41) is 16.3. The lowest BCUT2D eigenvalue weighted by Crippen LogP contribution is -2.55. The molecule has 11 heteroatoms. The molecule has 0 radical (unpaired) electrons. The van der Waals surface area contributed by atoms with Crippen molar-refractivity contribution in [2.45, 2.75) is 44.8 Å². The van der Waals surface area contributed by atoms with Gasteiger partial charge in [0, 0.05) is 6.42 Å². The fraction of sp³-hybridized carbons (Fsp3) is 0.450. The van der Waals surface area contributed by atoms with Crippen LogP contribution in [0, 0.1) is 5.92 Å². The molecule has 1 rings (SSSR count). The van der Waals surface area contributed by atoms with Crippen molar-refractivity contribution in [3.63, 3.8) is 0 Å². The van der Waals surface area contributed by atoms with Gasteiger partial charge in [-0.1, -0.05) is 44.2 Å². The van der Waals surface area contributed by atoms with Crippen molar-refractivity contribution in [2.24, 2.45) is 17.4 Å². The van der Waals surface area contributed by atoms with E-state index in [2.05, 4.69) is 16.0 Å². The van der Waals surface area contributed by atoms with Crippen molar-refractivity contribution in [3.05, 3.63) is 35.9 Å². The number of hydrogen-bond acceptors (Lipinski definition) is 6. The van der Waals surface area contributed by atoms with Gasteiger partial charge in [-0.2, -0.15) is 0 Å². The van der Waals surface area contributed by atoms with E-state index in [0.717, 1.165) is 5.56 Å². The lowest BCUT2D eigenvalue weighted by molar-refractivity contribution is -0.143. The predicted octanol–water partition coefficient (Wildman–Crippen LogP) is -1.74. The van der Waals surface area contributed by atoms with Crippen LogP contribution in [0.15, 0.2) is 30.3 Å². The van der Waals surface area contributed by atoms with E-state index in [1.807, 2.05) is 0 Å². The van der Waals surface area contributed by atoms with E-state index in [0.29, 0.717) is 0 Å². The van der Waals surface area contributed by atoms with Crippen molar-refractivity contribution < 1.29 is 29.1 Å². The molecule has 0 aliphatic heterocycles. The van der Waals surface area contributed by atoms with Gasteiger partial charge < -0.3 is 32.5 Å². The van der Waals surface area contributed by atoms with Crippen LogP contribution in [0.3, 0.4) is 0 Å². The third kappa shape index (κ3) is 9.26. The smallest absolute Gasteiger partial charge is 0.326 e. The summed E-state index contributed by atoms with van der Waals surface area (Å²) in [4.78, 5) is 59.1. The summed E-state index contributed by atoms with van der Waals surface area (Å²) in [5.74, 6) is -4.41. The van der Waals surface area contributed by atoms with Crippen LogP contribution in [0.25, 0.3) is 0 Å². The van der Waals surface area contributed by atoms with Gasteiger partial charge in [0.15, 0.2) is 0 Å². The Labute approximate surface area is 179 Å². The molecule has 0 heterocycles. The van der Waals surface area contributed by atoms with Crippen LogP contribution >= 0.6 is 0 Å². The molecule has 0 fully saturated rings. The molecule has 1 aromatic carbocycles. The van der Waals surface area contributed by atoms with Gasteiger partial charge in [-0.25, -0.2) is 4.79 Å². The minimum absolute atomic E-state index is 0.104. The molecule has 3 atom stereocenters. The average Bonchev–Trinajstić information content (AvgIpc) is 2.69. The molecule has 0 saturated heterocycles. The summed E-state index contributed by atoms with van der Waals surface area (Å²) >= 11 is 0. The molecule has 3 unspecified atom stereocenters. The topological polar surface area (TPSA) is 194 Å². The molecule has 0 spiro atoms. The normalized spacial score (nSPS) is 13.5. The summed E-state index contributed by atoms with van der Waals surface area (Å²) in [5.41, 5.74) is 11.4. The lowest BCUT2D eigenvalue weighted by Gasteiger charge is -2.21. The Bertz CT molecular complexity index is 799. The van der Waals surface area contributed by atoms with Gasteiger partial charge in [0.05, 0.1) is 19.0 Å². The van der Waals surface area contributed by atoms with Gasteiger partial charge >= 0.3 is 5.97 Å². The minimum Gasteiger partial charge on any atom is -0.480 e. The van der Waals surface area contributed by atoms with Gasteiger partial charge in [-0.15, -0.1) is 0 Å². The standard InChI is InChI=1S/C20H29N5O6/c1-11(2)17(20(30)31)25-16(27)10-23-19(29)14(8-12-6-4-3-5-7-12)24-18(28)13(21)9-15(22)26/h3-7,11,13-14,17H,8-10,21H2,1-2H3,(H2,22,26)(H,23,29)(H,24,28)(H,25,27)(H,30,31). The first-order valence-electron chi connectivity index (χ1n) is 9.69. The average molecular weight is 435 g/mol. The number of carboxylic acids is 1. The fourth-order valence-corrected chi connectivity index (χ4v) is 2.68. The van der Waals surface area contributed by atoms with Crippen molar-refractivity contribution in [1.29, 1.82) is 0 Å². The van der Waals surface area contributed by atoms with Crippen LogP contribution in [0.4, 0.5) is 0 Å². The zero-order chi connectivity index (χ0) is 23.6. The molecule has 31 heavy (non-hydrogen) atoms. The predicted molar refractivity (Wildman–Crippen MR) is 111 cm³/mol. The highest BCUT2D eigenvalue weighted by Crippen LogP contribution is 2.05. The first-order valence-corrected chi connectivity index (χ1v) is 9.69. The highest BCUT2D eigenvalue weighted by atomic mass is 16.4. The Balaban J connectivity index is 2.81. The Morgan fingerprint density at radius 2 is 1.61 bits per heavy atom. The molecule has 0 bridgehead atoms. The summed E-state index contributed by atoms with van der Waals surface area (Å²) in [6, 6.07) is 5.41. The highest BCUT2D eigenvalue weighted by Gasteiger charge is 2.27. The largest absolute Gasteiger partial charge is 0.480 e. The maximum absolute atomic E-state index is 12.6. The van der Waals surface area contributed by atoms with Crippen LogP contribution in [0.5, 0.6) is 0 Å². The third-order valence-corrected chi connectivity index (χ3v) is 4.35. The van der Waals surface area contributed by atoms with Crippen molar-refractivity contribution >= 4 is 29.6 Å². The SMILES string of the molecule is CC(C)C(NC(=O)CNC(=O)C(Cc1ccccc1)NC(=O)C(N)CC(N)=O)C(=O)O. The molecule has 0 saturated carbocycles. The van der Waals surface area contributed by atoms with Crippen LogP contribution in [0.1, 0.15) is 25.8 Å². The molecule has 1 aromatic rings. The number of benzene rings is 1. The van der Waals surface area contributed by atoms with Crippen LogP contribution < -0.4 is 27.4 Å². The number of primary amides is 1. The van der Waals surface area contributed by atoms with Crippen molar-refractivity contribution in [2.75, 3.05) is 6.54 Å². The molecule has 0 aromatic heterocycles. The number of carboxylic acid groups (broad SMARTS) is 1. The second-order valence-corrected chi connectivity index (χ2v) is 7.37. The summed E-state index contributed by atoms with van der Waals surface area (Å²) in [6.07, 6.45) is -0.285. The number of nitrogens with one attached hydrogen (secondary N) is 3. The molecule has 8 N–H and O–H groups in total. The van der Waals surface area contributed by atoms with Crippen molar-refractivity contribution in [1.82, 2.24) is 16.0 Å².